The largest absolute Gasteiger partial charge is 0.360 e. The topological polar surface area (TPSA) is 73.8 Å². The summed E-state index contributed by atoms with van der Waals surface area (Å²) >= 11 is 7.17. The molecule has 0 spiro atoms. The summed E-state index contributed by atoms with van der Waals surface area (Å²) < 4.78 is 0.543. The predicted octanol–water partition coefficient (Wildman–Crippen LogP) is 4.03. The average molecular weight is 459 g/mol. The van der Waals surface area contributed by atoms with Crippen molar-refractivity contribution in [3.63, 3.8) is 0 Å². The molecule has 1 saturated carbocycles. The highest BCUT2D eigenvalue weighted by Crippen LogP contribution is 2.25. The van der Waals surface area contributed by atoms with E-state index in [0.29, 0.717) is 15.3 Å². The minimum absolute atomic E-state index is 0.116. The zero-order chi connectivity index (χ0) is 21.6. The number of aliphatic imine (C=N–C) groups is 1. The molecule has 1 aromatic carbocycles. The Kier molecular flexibility index (Phi) is 7.25. The van der Waals surface area contributed by atoms with E-state index in [2.05, 4.69) is 20.5 Å². The van der Waals surface area contributed by atoms with Crippen molar-refractivity contribution in [2.24, 2.45) is 4.99 Å². The standard InChI is InChI=1S/C23H27ClN4O2S/c24-20-12-11-19(31-20)22(29)27-21(16-5-2-1-3-6-16)23(30)26-17-7-9-18(10-8-17)28-14-4-13-25-15-28/h1-3,5-6,11-12,15,17-18,21H,4,7-10,13-14H2,(H,26,30)(H,27,29). The molecule has 6 nitrogen and oxygen atoms in total. The monoisotopic (exact) mass is 458 g/mol. The van der Waals surface area contributed by atoms with E-state index in [1.54, 1.807) is 12.1 Å². The van der Waals surface area contributed by atoms with E-state index in [1.807, 2.05) is 36.7 Å². The van der Waals surface area contributed by atoms with E-state index in [9.17, 15) is 9.59 Å². The van der Waals surface area contributed by atoms with Crippen LogP contribution >= 0.6 is 22.9 Å². The van der Waals surface area contributed by atoms with Crippen LogP contribution in [0.2, 0.25) is 4.34 Å². The third-order valence-corrected chi connectivity index (χ3v) is 7.14. The summed E-state index contributed by atoms with van der Waals surface area (Å²) in [7, 11) is 0. The Balaban J connectivity index is 1.39. The van der Waals surface area contributed by atoms with Crippen LogP contribution in [-0.4, -0.2) is 48.2 Å². The molecular formula is C23H27ClN4O2S. The fraction of sp³-hybridized carbons (Fsp3) is 0.435. The van der Waals surface area contributed by atoms with Crippen LogP contribution in [0, 0.1) is 0 Å². The van der Waals surface area contributed by atoms with Gasteiger partial charge in [-0.1, -0.05) is 41.9 Å². The van der Waals surface area contributed by atoms with Gasteiger partial charge in [-0.2, -0.15) is 0 Å². The van der Waals surface area contributed by atoms with Crippen LogP contribution in [0.5, 0.6) is 0 Å². The number of hydrogen-bond donors (Lipinski definition) is 2. The van der Waals surface area contributed by atoms with Crippen molar-refractivity contribution in [2.75, 3.05) is 13.1 Å². The normalized spacial score (nSPS) is 22.0. The number of rotatable bonds is 6. The van der Waals surface area contributed by atoms with Gasteiger partial charge in [0, 0.05) is 25.2 Å². The molecule has 0 saturated heterocycles. The van der Waals surface area contributed by atoms with E-state index in [0.717, 1.165) is 50.8 Å². The molecule has 0 radical (unpaired) electrons. The highest BCUT2D eigenvalue weighted by atomic mass is 35.5. The molecule has 164 valence electrons. The second kappa shape index (κ2) is 10.3. The lowest BCUT2D eigenvalue weighted by Gasteiger charge is -2.37. The molecule has 1 aliphatic heterocycles. The number of hydrogen-bond acceptors (Lipinski definition) is 5. The van der Waals surface area contributed by atoms with Crippen molar-refractivity contribution in [2.45, 2.75) is 50.2 Å². The van der Waals surface area contributed by atoms with Gasteiger partial charge in [0.1, 0.15) is 6.04 Å². The number of benzene rings is 1. The van der Waals surface area contributed by atoms with Gasteiger partial charge in [0.2, 0.25) is 5.91 Å². The van der Waals surface area contributed by atoms with Crippen LogP contribution in [-0.2, 0) is 4.79 Å². The molecule has 2 amide bonds. The molecule has 1 aromatic heterocycles. The van der Waals surface area contributed by atoms with Crippen LogP contribution in [0.3, 0.4) is 0 Å². The molecule has 8 heteroatoms. The molecule has 31 heavy (non-hydrogen) atoms. The van der Waals surface area contributed by atoms with Gasteiger partial charge in [-0.15, -0.1) is 11.3 Å². The van der Waals surface area contributed by atoms with Crippen LogP contribution < -0.4 is 10.6 Å². The highest BCUT2D eigenvalue weighted by Gasteiger charge is 2.29. The van der Waals surface area contributed by atoms with Gasteiger partial charge < -0.3 is 15.5 Å². The lowest BCUT2D eigenvalue weighted by Crippen LogP contribution is -2.48. The average Bonchev–Trinajstić information content (AvgIpc) is 3.25. The Morgan fingerprint density at radius 2 is 1.87 bits per heavy atom. The second-order valence-corrected chi connectivity index (χ2v) is 9.76. The third kappa shape index (κ3) is 5.66. The Hall–Kier alpha value is -2.38. The quantitative estimate of drug-likeness (QED) is 0.686. The summed E-state index contributed by atoms with van der Waals surface area (Å²) in [6, 6.07) is 12.6. The van der Waals surface area contributed by atoms with Gasteiger partial charge in [-0.25, -0.2) is 0 Å². The van der Waals surface area contributed by atoms with Crippen molar-refractivity contribution in [1.29, 1.82) is 0 Å². The number of carbonyl (C=O) groups excluding carboxylic acids is 2. The van der Waals surface area contributed by atoms with Gasteiger partial charge in [0.15, 0.2) is 0 Å². The molecule has 4 rings (SSSR count). The Labute approximate surface area is 191 Å². The molecule has 2 heterocycles. The minimum atomic E-state index is -0.749. The number of nitrogens with zero attached hydrogens (tertiary/aromatic N) is 2. The van der Waals surface area contributed by atoms with Crippen molar-refractivity contribution in [1.82, 2.24) is 15.5 Å². The van der Waals surface area contributed by atoms with Crippen molar-refractivity contribution in [3.05, 3.63) is 57.2 Å². The van der Waals surface area contributed by atoms with E-state index in [4.69, 9.17) is 11.6 Å². The zero-order valence-electron chi connectivity index (χ0n) is 17.3. The highest BCUT2D eigenvalue weighted by molar-refractivity contribution is 7.18. The molecule has 1 unspecified atom stereocenters. The van der Waals surface area contributed by atoms with Gasteiger partial charge >= 0.3 is 0 Å². The maximum atomic E-state index is 13.2. The van der Waals surface area contributed by atoms with Crippen LogP contribution in [0.1, 0.15) is 53.4 Å². The Morgan fingerprint density at radius 1 is 1.10 bits per heavy atom. The summed E-state index contributed by atoms with van der Waals surface area (Å²) in [5.74, 6) is -0.473. The molecular weight excluding hydrogens is 432 g/mol. The Morgan fingerprint density at radius 3 is 2.52 bits per heavy atom. The first-order chi connectivity index (χ1) is 15.1. The third-order valence-electron chi connectivity index (χ3n) is 5.91. The number of halogens is 1. The molecule has 2 N–H and O–H groups in total. The van der Waals surface area contributed by atoms with Crippen molar-refractivity contribution in [3.8, 4) is 0 Å². The number of amides is 2. The van der Waals surface area contributed by atoms with Gasteiger partial charge in [0.25, 0.3) is 5.91 Å². The molecule has 2 aromatic rings. The van der Waals surface area contributed by atoms with Gasteiger partial charge in [-0.05, 0) is 49.8 Å². The van der Waals surface area contributed by atoms with Crippen LogP contribution in [0.25, 0.3) is 0 Å². The molecule has 0 bridgehead atoms. The maximum absolute atomic E-state index is 13.2. The molecule has 1 atom stereocenters. The number of carbonyl (C=O) groups is 2. The number of thiophene rings is 1. The van der Waals surface area contributed by atoms with E-state index >= 15 is 0 Å². The SMILES string of the molecule is O=C(NC(C(=O)NC1CCC(N2C=NCCC2)CC1)c1ccccc1)c1ccc(Cl)s1. The minimum Gasteiger partial charge on any atom is -0.360 e. The lowest BCUT2D eigenvalue weighted by molar-refractivity contribution is -0.124. The zero-order valence-corrected chi connectivity index (χ0v) is 18.9. The summed E-state index contributed by atoms with van der Waals surface area (Å²) in [5, 5.41) is 6.06. The summed E-state index contributed by atoms with van der Waals surface area (Å²) in [6.07, 6.45) is 7.03. The van der Waals surface area contributed by atoms with Crippen LogP contribution in [0.15, 0.2) is 47.5 Å². The fourth-order valence-electron chi connectivity index (χ4n) is 4.26. The van der Waals surface area contributed by atoms with Crippen molar-refractivity contribution < 1.29 is 9.59 Å². The van der Waals surface area contributed by atoms with Crippen LogP contribution in [0.4, 0.5) is 0 Å². The summed E-state index contributed by atoms with van der Waals surface area (Å²) in [5.41, 5.74) is 0.759. The van der Waals surface area contributed by atoms with Crippen molar-refractivity contribution >= 4 is 41.1 Å². The Bertz CT molecular complexity index is 925. The summed E-state index contributed by atoms with van der Waals surface area (Å²) in [4.78, 5) is 33.1. The van der Waals surface area contributed by atoms with Gasteiger partial charge in [0.05, 0.1) is 15.6 Å². The lowest BCUT2D eigenvalue weighted by atomic mass is 9.89. The van der Waals surface area contributed by atoms with E-state index < -0.39 is 6.04 Å². The second-order valence-electron chi connectivity index (χ2n) is 8.05. The first-order valence-electron chi connectivity index (χ1n) is 10.8. The first kappa shape index (κ1) is 21.8. The molecule has 1 fully saturated rings. The number of nitrogens with one attached hydrogen (secondary N) is 2. The van der Waals surface area contributed by atoms with E-state index in [-0.39, 0.29) is 17.9 Å². The predicted molar refractivity (Wildman–Crippen MR) is 125 cm³/mol. The molecule has 2 aliphatic rings. The fourth-order valence-corrected chi connectivity index (χ4v) is 5.21. The maximum Gasteiger partial charge on any atom is 0.262 e. The first-order valence-corrected chi connectivity index (χ1v) is 12.0. The van der Waals surface area contributed by atoms with Gasteiger partial charge in [-0.3, -0.25) is 14.6 Å². The smallest absolute Gasteiger partial charge is 0.262 e. The summed E-state index contributed by atoms with van der Waals surface area (Å²) in [6.45, 7) is 1.99. The molecule has 1 aliphatic carbocycles. The van der Waals surface area contributed by atoms with E-state index in [1.165, 1.54) is 11.3 Å².